The van der Waals surface area contributed by atoms with Crippen LogP contribution in [0.5, 0.6) is 0 Å². The lowest BCUT2D eigenvalue weighted by Gasteiger charge is -2.30. The van der Waals surface area contributed by atoms with E-state index >= 15 is 0 Å². The van der Waals surface area contributed by atoms with Crippen molar-refractivity contribution in [3.05, 3.63) is 48.0 Å². The molecule has 0 aliphatic carbocycles. The summed E-state index contributed by atoms with van der Waals surface area (Å²) < 4.78 is 12.3. The minimum Gasteiger partial charge on any atom is -0.339 e. The molecule has 2 nitrogen and oxygen atoms in total. The van der Waals surface area contributed by atoms with Crippen molar-refractivity contribution < 1.29 is 9.47 Å². The predicted molar refractivity (Wildman–Crippen MR) is 77.0 cm³/mol. The molecule has 0 atom stereocenters. The Labute approximate surface area is 114 Å². The van der Waals surface area contributed by atoms with Crippen molar-refractivity contribution in [3.63, 3.8) is 0 Å². The topological polar surface area (TPSA) is 18.5 Å². The predicted octanol–water partition coefficient (Wildman–Crippen LogP) is 4.44. The van der Waals surface area contributed by atoms with E-state index in [2.05, 4.69) is 70.2 Å². The van der Waals surface area contributed by atoms with E-state index in [1.807, 2.05) is 0 Å². The quantitative estimate of drug-likeness (QED) is 0.751. The molecule has 2 heteroatoms. The summed E-state index contributed by atoms with van der Waals surface area (Å²) in [6, 6.07) is 14.6. The van der Waals surface area contributed by atoms with E-state index in [1.54, 1.807) is 0 Å². The van der Waals surface area contributed by atoms with Gasteiger partial charge >= 0.3 is 0 Å². The number of ether oxygens (including phenoxy) is 2. The molecule has 0 aromatic heterocycles. The third-order valence-corrected chi connectivity index (χ3v) is 4.33. The zero-order valence-electron chi connectivity index (χ0n) is 11.9. The molecule has 1 aliphatic heterocycles. The fraction of sp³-hybridized carbons (Fsp3) is 0.412. The molecule has 0 saturated carbocycles. The third kappa shape index (κ3) is 1.96. The van der Waals surface area contributed by atoms with Gasteiger partial charge in [0.1, 0.15) is 0 Å². The van der Waals surface area contributed by atoms with E-state index in [1.165, 1.54) is 10.8 Å². The van der Waals surface area contributed by atoms with Crippen LogP contribution in [0.4, 0.5) is 0 Å². The van der Waals surface area contributed by atoms with Crippen molar-refractivity contribution in [3.8, 4) is 0 Å². The van der Waals surface area contributed by atoms with Crippen molar-refractivity contribution in [2.24, 2.45) is 0 Å². The van der Waals surface area contributed by atoms with Gasteiger partial charge in [0.15, 0.2) is 6.29 Å². The zero-order valence-corrected chi connectivity index (χ0v) is 11.9. The highest BCUT2D eigenvalue weighted by Gasteiger charge is 2.49. The minimum absolute atomic E-state index is 0.295. The first-order valence-corrected chi connectivity index (χ1v) is 6.74. The van der Waals surface area contributed by atoms with E-state index in [9.17, 15) is 0 Å². The van der Waals surface area contributed by atoms with E-state index < -0.39 is 0 Å². The van der Waals surface area contributed by atoms with Gasteiger partial charge in [0.05, 0.1) is 11.2 Å². The van der Waals surface area contributed by atoms with Crippen LogP contribution in [0, 0.1) is 0 Å². The van der Waals surface area contributed by atoms with Crippen LogP contribution in [-0.4, -0.2) is 11.2 Å². The summed E-state index contributed by atoms with van der Waals surface area (Å²) in [6.07, 6.45) is -0.295. The van der Waals surface area contributed by atoms with Crippen molar-refractivity contribution in [1.29, 1.82) is 0 Å². The largest absolute Gasteiger partial charge is 0.339 e. The molecule has 1 heterocycles. The molecule has 1 saturated heterocycles. The summed E-state index contributed by atoms with van der Waals surface area (Å²) >= 11 is 0. The molecule has 0 bridgehead atoms. The Morgan fingerprint density at radius 2 is 1.37 bits per heavy atom. The molecule has 2 aromatic rings. The van der Waals surface area contributed by atoms with E-state index in [4.69, 9.17) is 9.47 Å². The first kappa shape index (κ1) is 12.6. The van der Waals surface area contributed by atoms with Gasteiger partial charge in [-0.25, -0.2) is 0 Å². The maximum absolute atomic E-state index is 6.14. The molecule has 0 spiro atoms. The van der Waals surface area contributed by atoms with Gasteiger partial charge in [0.25, 0.3) is 0 Å². The van der Waals surface area contributed by atoms with Crippen molar-refractivity contribution >= 4 is 10.8 Å². The van der Waals surface area contributed by atoms with Gasteiger partial charge in [-0.05, 0) is 38.5 Å². The fourth-order valence-electron chi connectivity index (χ4n) is 2.43. The van der Waals surface area contributed by atoms with Crippen LogP contribution in [-0.2, 0) is 9.47 Å². The van der Waals surface area contributed by atoms with Crippen molar-refractivity contribution in [1.82, 2.24) is 0 Å². The Balaban J connectivity index is 2.08. The monoisotopic (exact) mass is 256 g/mol. The van der Waals surface area contributed by atoms with Crippen LogP contribution in [0.1, 0.15) is 39.5 Å². The number of hydrogen-bond acceptors (Lipinski definition) is 2. The lowest BCUT2D eigenvalue weighted by atomic mass is 9.90. The summed E-state index contributed by atoms with van der Waals surface area (Å²) in [6.45, 7) is 8.33. The van der Waals surface area contributed by atoms with Crippen LogP contribution in [0.3, 0.4) is 0 Å². The normalized spacial score (nSPS) is 21.9. The molecule has 0 N–H and O–H groups in total. The second-order valence-corrected chi connectivity index (χ2v) is 6.16. The van der Waals surface area contributed by atoms with Crippen LogP contribution < -0.4 is 0 Å². The molecule has 0 unspecified atom stereocenters. The minimum atomic E-state index is -0.297. The highest BCUT2D eigenvalue weighted by molar-refractivity contribution is 5.85. The molecule has 2 aromatic carbocycles. The van der Waals surface area contributed by atoms with Gasteiger partial charge in [0, 0.05) is 5.56 Å². The third-order valence-electron chi connectivity index (χ3n) is 4.33. The lowest BCUT2D eigenvalue weighted by Crippen LogP contribution is -2.41. The average Bonchev–Trinajstić information content (AvgIpc) is 2.58. The number of fused-ring (bicyclic) bond motifs is 1. The highest BCUT2D eigenvalue weighted by Crippen LogP contribution is 2.45. The molecule has 1 aliphatic rings. The second kappa shape index (κ2) is 4.06. The Hall–Kier alpha value is -1.38. The summed E-state index contributed by atoms with van der Waals surface area (Å²) in [5.74, 6) is 0. The molecular formula is C17H20O2. The van der Waals surface area contributed by atoms with Gasteiger partial charge in [-0.15, -0.1) is 0 Å². The molecule has 19 heavy (non-hydrogen) atoms. The smallest absolute Gasteiger partial charge is 0.185 e. The molecule has 1 fully saturated rings. The van der Waals surface area contributed by atoms with Crippen molar-refractivity contribution in [2.75, 3.05) is 0 Å². The number of hydrogen-bond donors (Lipinski definition) is 0. The lowest BCUT2D eigenvalue weighted by molar-refractivity contribution is -0.0885. The van der Waals surface area contributed by atoms with Gasteiger partial charge in [-0.2, -0.15) is 0 Å². The summed E-state index contributed by atoms with van der Waals surface area (Å²) in [7, 11) is 0. The molecule has 0 radical (unpaired) electrons. The highest BCUT2D eigenvalue weighted by atomic mass is 16.7. The average molecular weight is 256 g/mol. The molecular weight excluding hydrogens is 236 g/mol. The summed E-state index contributed by atoms with van der Waals surface area (Å²) in [5.41, 5.74) is 0.514. The maximum atomic E-state index is 6.14. The van der Waals surface area contributed by atoms with Crippen LogP contribution in [0.2, 0.25) is 0 Å². The molecule has 100 valence electrons. The Kier molecular flexibility index (Phi) is 2.70. The van der Waals surface area contributed by atoms with E-state index in [-0.39, 0.29) is 17.5 Å². The summed E-state index contributed by atoms with van der Waals surface area (Å²) in [4.78, 5) is 0. The number of rotatable bonds is 1. The Morgan fingerprint density at radius 1 is 0.789 bits per heavy atom. The zero-order chi connectivity index (χ0) is 13.7. The van der Waals surface area contributed by atoms with Crippen molar-refractivity contribution in [2.45, 2.75) is 45.2 Å². The fourth-order valence-corrected chi connectivity index (χ4v) is 2.43. The Morgan fingerprint density at radius 3 is 2.05 bits per heavy atom. The standard InChI is InChI=1S/C17H20O2/c1-16(2)17(3,4)19-15(18-16)14-11-7-9-12-8-5-6-10-13(12)14/h5-11,15H,1-4H3. The summed E-state index contributed by atoms with van der Waals surface area (Å²) in [5, 5.41) is 2.42. The van der Waals surface area contributed by atoms with Gasteiger partial charge < -0.3 is 9.47 Å². The number of benzene rings is 2. The van der Waals surface area contributed by atoms with Crippen LogP contribution in [0.15, 0.2) is 42.5 Å². The first-order chi connectivity index (χ1) is 8.91. The second-order valence-electron chi connectivity index (χ2n) is 6.16. The van der Waals surface area contributed by atoms with Gasteiger partial charge in [-0.1, -0.05) is 42.5 Å². The van der Waals surface area contributed by atoms with Gasteiger partial charge in [0.2, 0.25) is 0 Å². The Bertz CT molecular complexity index is 592. The van der Waals surface area contributed by atoms with Crippen LogP contribution in [0.25, 0.3) is 10.8 Å². The van der Waals surface area contributed by atoms with E-state index in [0.717, 1.165) is 5.56 Å². The van der Waals surface area contributed by atoms with Crippen LogP contribution >= 0.6 is 0 Å². The first-order valence-electron chi connectivity index (χ1n) is 6.74. The molecule has 3 rings (SSSR count). The molecule has 0 amide bonds. The SMILES string of the molecule is CC1(C)OC(c2cccc3ccccc23)OC1(C)C. The van der Waals surface area contributed by atoms with Gasteiger partial charge in [-0.3, -0.25) is 0 Å². The van der Waals surface area contributed by atoms with E-state index in [0.29, 0.717) is 0 Å². The maximum Gasteiger partial charge on any atom is 0.185 e.